The van der Waals surface area contributed by atoms with E-state index >= 15 is 0 Å². The van der Waals surface area contributed by atoms with Gasteiger partial charge in [-0.1, -0.05) is 41.7 Å². The molecule has 0 saturated heterocycles. The lowest BCUT2D eigenvalue weighted by Crippen LogP contribution is -2.12. The summed E-state index contributed by atoms with van der Waals surface area (Å²) in [6, 6.07) is 10.4. The Hall–Kier alpha value is -1.59. The summed E-state index contributed by atoms with van der Waals surface area (Å²) < 4.78 is 5.31. The summed E-state index contributed by atoms with van der Waals surface area (Å²) in [5.74, 6) is 0.717. The highest BCUT2D eigenvalue weighted by atomic mass is 32.1. The first kappa shape index (κ1) is 13.8. The Morgan fingerprint density at radius 3 is 2.58 bits per heavy atom. The van der Waals surface area contributed by atoms with Gasteiger partial charge in [0.25, 0.3) is 0 Å². The molecular formula is C14H19N3OS. The molecule has 0 aliphatic rings. The Bertz CT molecular complexity index is 511. The highest BCUT2D eigenvalue weighted by molar-refractivity contribution is 7.15. The predicted molar refractivity (Wildman–Crippen MR) is 80.0 cm³/mol. The van der Waals surface area contributed by atoms with Gasteiger partial charge in [-0.3, -0.25) is 0 Å². The van der Waals surface area contributed by atoms with E-state index in [0.29, 0.717) is 5.88 Å². The minimum atomic E-state index is 0.717. The second-order valence-corrected chi connectivity index (χ2v) is 5.47. The topological polar surface area (TPSA) is 37.4 Å². The summed E-state index contributed by atoms with van der Waals surface area (Å²) >= 11 is 1.65. The Kier molecular flexibility index (Phi) is 4.76. The molecule has 0 amide bonds. The average molecular weight is 277 g/mol. The summed E-state index contributed by atoms with van der Waals surface area (Å²) in [6.45, 7) is 1.61. The van der Waals surface area contributed by atoms with Gasteiger partial charge in [0.15, 0.2) is 5.13 Å². The van der Waals surface area contributed by atoms with Gasteiger partial charge in [0.1, 0.15) is 0 Å². The minimum Gasteiger partial charge on any atom is -0.480 e. The van der Waals surface area contributed by atoms with E-state index in [4.69, 9.17) is 4.74 Å². The maximum Gasteiger partial charge on any atom is 0.230 e. The molecule has 2 aromatic rings. The Balaban J connectivity index is 1.95. The SMILES string of the molecule is COc1nc(N(C)C)sc1CNCc1ccccc1. The van der Waals surface area contributed by atoms with Crippen LogP contribution < -0.4 is 15.0 Å². The number of methoxy groups -OCH3 is 1. The van der Waals surface area contributed by atoms with Crippen LogP contribution in [0.2, 0.25) is 0 Å². The molecule has 2 rings (SSSR count). The molecule has 0 aliphatic carbocycles. The van der Waals surface area contributed by atoms with Gasteiger partial charge in [-0.25, -0.2) is 0 Å². The van der Waals surface area contributed by atoms with Crippen LogP contribution >= 0.6 is 11.3 Å². The van der Waals surface area contributed by atoms with Crippen molar-refractivity contribution in [3.05, 3.63) is 40.8 Å². The standard InChI is InChI=1S/C14H19N3OS/c1-17(2)14-16-13(18-3)12(19-14)10-15-9-11-7-5-4-6-8-11/h4-8,15H,9-10H2,1-3H3. The zero-order valence-electron chi connectivity index (χ0n) is 11.5. The molecule has 0 aliphatic heterocycles. The lowest BCUT2D eigenvalue weighted by molar-refractivity contribution is 0.394. The molecule has 19 heavy (non-hydrogen) atoms. The predicted octanol–water partition coefficient (Wildman–Crippen LogP) is 2.51. The lowest BCUT2D eigenvalue weighted by Gasteiger charge is -2.05. The monoisotopic (exact) mass is 277 g/mol. The molecule has 5 heteroatoms. The molecule has 1 heterocycles. The van der Waals surface area contributed by atoms with E-state index in [9.17, 15) is 0 Å². The van der Waals surface area contributed by atoms with Crippen LogP contribution in [0.15, 0.2) is 30.3 Å². The van der Waals surface area contributed by atoms with Crippen LogP contribution in [0, 0.1) is 0 Å². The summed E-state index contributed by atoms with van der Waals surface area (Å²) in [5, 5.41) is 4.38. The van der Waals surface area contributed by atoms with Gasteiger partial charge >= 0.3 is 0 Å². The molecule has 0 unspecified atom stereocenters. The number of aromatic nitrogens is 1. The van der Waals surface area contributed by atoms with E-state index in [1.54, 1.807) is 18.4 Å². The van der Waals surface area contributed by atoms with Crippen molar-refractivity contribution >= 4 is 16.5 Å². The molecule has 1 aromatic heterocycles. The van der Waals surface area contributed by atoms with Crippen LogP contribution in [0.4, 0.5) is 5.13 Å². The van der Waals surface area contributed by atoms with Gasteiger partial charge in [0.05, 0.1) is 12.0 Å². The van der Waals surface area contributed by atoms with E-state index in [0.717, 1.165) is 23.1 Å². The first-order valence-electron chi connectivity index (χ1n) is 6.16. The number of hydrogen-bond donors (Lipinski definition) is 1. The normalized spacial score (nSPS) is 10.5. The van der Waals surface area contributed by atoms with Crippen LogP contribution in [-0.4, -0.2) is 26.2 Å². The fraction of sp³-hybridized carbons (Fsp3) is 0.357. The number of thiazole rings is 1. The first-order valence-corrected chi connectivity index (χ1v) is 6.98. The summed E-state index contributed by atoms with van der Waals surface area (Å²) in [5.41, 5.74) is 1.28. The Labute approximate surface area is 118 Å². The zero-order chi connectivity index (χ0) is 13.7. The number of rotatable bonds is 6. The second kappa shape index (κ2) is 6.54. The maximum atomic E-state index is 5.31. The third-order valence-electron chi connectivity index (χ3n) is 2.68. The Morgan fingerprint density at radius 1 is 1.21 bits per heavy atom. The van der Waals surface area contributed by atoms with Crippen LogP contribution in [0.3, 0.4) is 0 Å². The fourth-order valence-corrected chi connectivity index (χ4v) is 2.63. The molecule has 0 radical (unpaired) electrons. The number of anilines is 1. The molecule has 0 saturated carbocycles. The van der Waals surface area contributed by atoms with E-state index in [-0.39, 0.29) is 0 Å². The van der Waals surface area contributed by atoms with Crippen molar-refractivity contribution in [2.75, 3.05) is 26.1 Å². The summed E-state index contributed by atoms with van der Waals surface area (Å²) in [7, 11) is 5.63. The Morgan fingerprint density at radius 2 is 1.95 bits per heavy atom. The van der Waals surface area contributed by atoms with Crippen molar-refractivity contribution in [2.45, 2.75) is 13.1 Å². The maximum absolute atomic E-state index is 5.31. The molecule has 0 atom stereocenters. The van der Waals surface area contributed by atoms with E-state index in [1.807, 2.05) is 25.1 Å². The molecule has 0 fully saturated rings. The van der Waals surface area contributed by atoms with Gasteiger partial charge in [0.2, 0.25) is 5.88 Å². The molecule has 1 N–H and O–H groups in total. The number of hydrogen-bond acceptors (Lipinski definition) is 5. The van der Waals surface area contributed by atoms with Gasteiger partial charge < -0.3 is 15.0 Å². The first-order chi connectivity index (χ1) is 9.20. The van der Waals surface area contributed by atoms with Crippen LogP contribution in [0.1, 0.15) is 10.4 Å². The quantitative estimate of drug-likeness (QED) is 0.880. The smallest absolute Gasteiger partial charge is 0.230 e. The van der Waals surface area contributed by atoms with E-state index in [1.165, 1.54) is 5.56 Å². The van der Waals surface area contributed by atoms with Gasteiger partial charge in [-0.05, 0) is 5.56 Å². The van der Waals surface area contributed by atoms with Crippen LogP contribution in [-0.2, 0) is 13.1 Å². The largest absolute Gasteiger partial charge is 0.480 e. The molecular weight excluding hydrogens is 258 g/mol. The number of nitrogens with one attached hydrogen (secondary N) is 1. The molecule has 0 spiro atoms. The van der Waals surface area contributed by atoms with Gasteiger partial charge in [-0.15, -0.1) is 0 Å². The van der Waals surface area contributed by atoms with Crippen molar-refractivity contribution < 1.29 is 4.74 Å². The third kappa shape index (κ3) is 3.68. The molecule has 0 bridgehead atoms. The zero-order valence-corrected chi connectivity index (χ0v) is 12.3. The molecule has 4 nitrogen and oxygen atoms in total. The molecule has 1 aromatic carbocycles. The van der Waals surface area contributed by atoms with Gasteiger partial charge in [-0.2, -0.15) is 4.98 Å². The van der Waals surface area contributed by atoms with Crippen molar-refractivity contribution in [3.63, 3.8) is 0 Å². The van der Waals surface area contributed by atoms with Crippen molar-refractivity contribution in [1.29, 1.82) is 0 Å². The number of nitrogens with zero attached hydrogens (tertiary/aromatic N) is 2. The minimum absolute atomic E-state index is 0.717. The summed E-state index contributed by atoms with van der Waals surface area (Å²) in [4.78, 5) is 7.56. The fourth-order valence-electron chi connectivity index (χ4n) is 1.70. The number of benzene rings is 1. The second-order valence-electron chi connectivity index (χ2n) is 4.41. The highest BCUT2D eigenvalue weighted by Crippen LogP contribution is 2.30. The molecule has 102 valence electrons. The number of ether oxygens (including phenoxy) is 1. The van der Waals surface area contributed by atoms with Crippen molar-refractivity contribution in [3.8, 4) is 5.88 Å². The van der Waals surface area contributed by atoms with Crippen molar-refractivity contribution in [1.82, 2.24) is 10.3 Å². The highest BCUT2D eigenvalue weighted by Gasteiger charge is 2.12. The van der Waals surface area contributed by atoms with E-state index < -0.39 is 0 Å². The summed E-state index contributed by atoms with van der Waals surface area (Å²) in [6.07, 6.45) is 0. The average Bonchev–Trinajstić information content (AvgIpc) is 2.83. The van der Waals surface area contributed by atoms with Crippen LogP contribution in [0.25, 0.3) is 0 Å². The lowest BCUT2D eigenvalue weighted by atomic mass is 10.2. The van der Waals surface area contributed by atoms with Crippen LogP contribution in [0.5, 0.6) is 5.88 Å². The third-order valence-corrected chi connectivity index (χ3v) is 3.89. The van der Waals surface area contributed by atoms with Gasteiger partial charge in [0, 0.05) is 27.2 Å². The van der Waals surface area contributed by atoms with Crippen molar-refractivity contribution in [2.24, 2.45) is 0 Å². The van der Waals surface area contributed by atoms with E-state index in [2.05, 4.69) is 34.6 Å².